The van der Waals surface area contributed by atoms with Gasteiger partial charge in [0.05, 0.1) is 12.1 Å². The molecule has 0 aromatic heterocycles. The van der Waals surface area contributed by atoms with Crippen LogP contribution in [0, 0.1) is 0 Å². The predicted octanol–water partition coefficient (Wildman–Crippen LogP) is 2.71. The van der Waals surface area contributed by atoms with Crippen molar-refractivity contribution >= 4 is 11.6 Å². The summed E-state index contributed by atoms with van der Waals surface area (Å²) in [5.74, 6) is 0.204. The molecule has 1 aromatic carbocycles. The molecule has 16 heavy (non-hydrogen) atoms. The van der Waals surface area contributed by atoms with Gasteiger partial charge in [0.1, 0.15) is 0 Å². The van der Waals surface area contributed by atoms with Crippen LogP contribution in [-0.4, -0.2) is 23.9 Å². The van der Waals surface area contributed by atoms with Crippen LogP contribution in [0.3, 0.4) is 0 Å². The molecule has 0 amide bonds. The number of aliphatic hydroxyl groups is 1. The molecular formula is C12H17ClO3. The van der Waals surface area contributed by atoms with Crippen LogP contribution < -0.4 is 4.74 Å². The average Bonchev–Trinajstić information content (AvgIpc) is 2.29. The molecule has 3 nitrogen and oxygen atoms in total. The third-order valence-corrected chi connectivity index (χ3v) is 3.13. The Morgan fingerprint density at radius 3 is 2.56 bits per heavy atom. The molecule has 1 rings (SSSR count). The number of benzene rings is 1. The van der Waals surface area contributed by atoms with E-state index in [1.165, 1.54) is 7.11 Å². The van der Waals surface area contributed by atoms with Gasteiger partial charge in [-0.2, -0.15) is 0 Å². The summed E-state index contributed by atoms with van der Waals surface area (Å²) in [6, 6.07) is 1.73. The van der Waals surface area contributed by atoms with Crippen LogP contribution in [0.15, 0.2) is 6.07 Å². The van der Waals surface area contributed by atoms with Gasteiger partial charge in [0, 0.05) is 18.1 Å². The third kappa shape index (κ3) is 2.25. The van der Waals surface area contributed by atoms with Crippen LogP contribution in [-0.2, 0) is 6.42 Å². The lowest BCUT2D eigenvalue weighted by atomic mass is 9.97. The molecule has 0 saturated carbocycles. The molecule has 4 heteroatoms. The molecule has 1 aromatic rings. The topological polar surface area (TPSA) is 49.7 Å². The van der Waals surface area contributed by atoms with E-state index >= 15 is 0 Å². The molecule has 0 aliphatic heterocycles. The third-order valence-electron chi connectivity index (χ3n) is 2.68. The van der Waals surface area contributed by atoms with Crippen molar-refractivity contribution in [2.45, 2.75) is 26.2 Å². The molecule has 2 N–H and O–H groups in total. The number of aryl methyl sites for hydroxylation is 1. The monoisotopic (exact) mass is 244 g/mol. The minimum Gasteiger partial charge on any atom is -0.504 e. The summed E-state index contributed by atoms with van der Waals surface area (Å²) in [7, 11) is 1.50. The Morgan fingerprint density at radius 1 is 1.50 bits per heavy atom. The molecule has 0 radical (unpaired) electrons. The summed E-state index contributed by atoms with van der Waals surface area (Å²) in [5.41, 5.74) is 1.46. The number of methoxy groups -OCH3 is 1. The summed E-state index contributed by atoms with van der Waals surface area (Å²) >= 11 is 6.19. The van der Waals surface area contributed by atoms with E-state index in [0.29, 0.717) is 16.3 Å². The largest absolute Gasteiger partial charge is 0.504 e. The van der Waals surface area contributed by atoms with E-state index in [9.17, 15) is 5.11 Å². The number of halogens is 1. The van der Waals surface area contributed by atoms with Gasteiger partial charge in [0.2, 0.25) is 0 Å². The van der Waals surface area contributed by atoms with Gasteiger partial charge in [0.15, 0.2) is 11.5 Å². The summed E-state index contributed by atoms with van der Waals surface area (Å²) in [6.07, 6.45) is 0.751. The number of phenolic OH excluding ortho intramolecular Hbond substituents is 1. The van der Waals surface area contributed by atoms with Crippen molar-refractivity contribution in [2.24, 2.45) is 0 Å². The van der Waals surface area contributed by atoms with E-state index in [1.54, 1.807) is 13.0 Å². The van der Waals surface area contributed by atoms with Crippen molar-refractivity contribution in [3.8, 4) is 11.5 Å². The van der Waals surface area contributed by atoms with E-state index in [0.717, 1.165) is 12.0 Å². The highest BCUT2D eigenvalue weighted by Crippen LogP contribution is 2.41. The van der Waals surface area contributed by atoms with Crippen molar-refractivity contribution in [1.82, 2.24) is 0 Å². The smallest absolute Gasteiger partial charge is 0.162 e. The number of hydrogen-bond acceptors (Lipinski definition) is 3. The zero-order valence-corrected chi connectivity index (χ0v) is 10.5. The second kappa shape index (κ2) is 5.41. The maximum Gasteiger partial charge on any atom is 0.162 e. The van der Waals surface area contributed by atoms with Crippen molar-refractivity contribution < 1.29 is 14.9 Å². The predicted molar refractivity (Wildman–Crippen MR) is 64.5 cm³/mol. The lowest BCUT2D eigenvalue weighted by Gasteiger charge is -2.18. The molecule has 0 aliphatic rings. The minimum atomic E-state index is -0.215. The average molecular weight is 245 g/mol. The zero-order valence-electron chi connectivity index (χ0n) is 9.75. The summed E-state index contributed by atoms with van der Waals surface area (Å²) in [4.78, 5) is 0. The maximum atomic E-state index is 9.97. The number of rotatable bonds is 4. The number of aliphatic hydroxyl groups excluding tert-OH is 1. The van der Waals surface area contributed by atoms with Crippen LogP contribution >= 0.6 is 11.6 Å². The van der Waals surface area contributed by atoms with Gasteiger partial charge in [0.25, 0.3) is 0 Å². The maximum absolute atomic E-state index is 9.97. The van der Waals surface area contributed by atoms with Gasteiger partial charge in [-0.25, -0.2) is 0 Å². The van der Waals surface area contributed by atoms with Crippen LogP contribution in [0.4, 0.5) is 0 Å². The van der Waals surface area contributed by atoms with Crippen molar-refractivity contribution in [1.29, 1.82) is 0 Å². The van der Waals surface area contributed by atoms with Gasteiger partial charge < -0.3 is 14.9 Å². The molecule has 0 fully saturated rings. The first-order chi connectivity index (χ1) is 7.56. The van der Waals surface area contributed by atoms with Gasteiger partial charge in [-0.1, -0.05) is 25.4 Å². The SMILES string of the molecule is CCc1cc(OC)c(O)c(C(C)CO)c1Cl. The molecule has 0 aliphatic carbocycles. The van der Waals surface area contributed by atoms with Gasteiger partial charge in [-0.15, -0.1) is 0 Å². The first-order valence-corrected chi connectivity index (χ1v) is 5.63. The standard InChI is InChI=1S/C12H17ClO3/c1-4-8-5-9(16-3)12(15)10(11(8)13)7(2)6-14/h5,7,14-15H,4,6H2,1-3H3. The Balaban J connectivity index is 3.43. The molecule has 0 saturated heterocycles. The summed E-state index contributed by atoms with van der Waals surface area (Å²) < 4.78 is 5.09. The Morgan fingerprint density at radius 2 is 2.12 bits per heavy atom. The van der Waals surface area contributed by atoms with Crippen LogP contribution in [0.5, 0.6) is 11.5 Å². The summed E-state index contributed by atoms with van der Waals surface area (Å²) in [6.45, 7) is 3.72. The lowest BCUT2D eigenvalue weighted by molar-refractivity contribution is 0.269. The molecule has 0 bridgehead atoms. The molecule has 90 valence electrons. The first-order valence-electron chi connectivity index (χ1n) is 5.25. The van der Waals surface area contributed by atoms with E-state index in [2.05, 4.69) is 0 Å². The Bertz CT molecular complexity index is 349. The van der Waals surface area contributed by atoms with Crippen molar-refractivity contribution in [2.75, 3.05) is 13.7 Å². The highest BCUT2D eigenvalue weighted by Gasteiger charge is 2.20. The zero-order chi connectivity index (χ0) is 12.3. The van der Waals surface area contributed by atoms with Gasteiger partial charge in [-0.05, 0) is 18.1 Å². The molecule has 1 atom stereocenters. The Labute approximate surface area is 101 Å². The highest BCUT2D eigenvalue weighted by molar-refractivity contribution is 6.32. The Kier molecular flexibility index (Phi) is 4.44. The fraction of sp³-hybridized carbons (Fsp3) is 0.500. The molecule has 0 spiro atoms. The van der Waals surface area contributed by atoms with Crippen molar-refractivity contribution in [3.63, 3.8) is 0 Å². The van der Waals surface area contributed by atoms with Crippen LogP contribution in [0.1, 0.15) is 30.9 Å². The van der Waals surface area contributed by atoms with E-state index in [4.69, 9.17) is 21.4 Å². The Hall–Kier alpha value is -0.930. The van der Waals surface area contributed by atoms with Crippen LogP contribution in [0.25, 0.3) is 0 Å². The van der Waals surface area contributed by atoms with E-state index in [-0.39, 0.29) is 18.3 Å². The molecule has 1 unspecified atom stereocenters. The molecule has 0 heterocycles. The van der Waals surface area contributed by atoms with E-state index < -0.39 is 0 Å². The van der Waals surface area contributed by atoms with Gasteiger partial charge >= 0.3 is 0 Å². The van der Waals surface area contributed by atoms with Crippen LogP contribution in [0.2, 0.25) is 5.02 Å². The van der Waals surface area contributed by atoms with Crippen molar-refractivity contribution in [3.05, 3.63) is 22.2 Å². The second-order valence-electron chi connectivity index (χ2n) is 3.75. The molecular weight excluding hydrogens is 228 g/mol. The highest BCUT2D eigenvalue weighted by atomic mass is 35.5. The quantitative estimate of drug-likeness (QED) is 0.856. The fourth-order valence-corrected chi connectivity index (χ4v) is 2.12. The number of aromatic hydroxyl groups is 1. The van der Waals surface area contributed by atoms with Gasteiger partial charge in [-0.3, -0.25) is 0 Å². The first kappa shape index (κ1) is 13.1. The minimum absolute atomic E-state index is 0.0197. The number of hydrogen-bond donors (Lipinski definition) is 2. The normalized spacial score (nSPS) is 12.6. The number of phenols is 1. The lowest BCUT2D eigenvalue weighted by Crippen LogP contribution is -2.03. The van der Waals surface area contributed by atoms with E-state index in [1.807, 2.05) is 6.92 Å². The fourth-order valence-electron chi connectivity index (χ4n) is 1.65. The summed E-state index contributed by atoms with van der Waals surface area (Å²) in [5, 5.41) is 19.6. The second-order valence-corrected chi connectivity index (χ2v) is 4.13. The number of ether oxygens (including phenoxy) is 1.